The van der Waals surface area contributed by atoms with E-state index in [0.717, 1.165) is 30.2 Å². The van der Waals surface area contributed by atoms with Gasteiger partial charge in [0.15, 0.2) is 0 Å². The maximum Gasteiger partial charge on any atom is 0.0455 e. The standard InChI is InChI=1S/C15H21ClN2/c1-11-14(16)3-2-4-15(11)18-9-7-13(8-10-18)17-12-5-6-12/h2-4,12-13,17H,5-10H2,1H3. The molecule has 0 bridgehead atoms. The molecule has 1 saturated carbocycles. The van der Waals surface area contributed by atoms with Gasteiger partial charge in [-0.3, -0.25) is 0 Å². The van der Waals surface area contributed by atoms with Gasteiger partial charge in [0, 0.05) is 35.9 Å². The third-order valence-electron chi connectivity index (χ3n) is 4.12. The maximum atomic E-state index is 6.20. The zero-order valence-corrected chi connectivity index (χ0v) is 11.7. The van der Waals surface area contributed by atoms with Crippen LogP contribution < -0.4 is 10.2 Å². The summed E-state index contributed by atoms with van der Waals surface area (Å²) in [5.41, 5.74) is 2.53. The van der Waals surface area contributed by atoms with Gasteiger partial charge in [-0.2, -0.15) is 0 Å². The molecule has 0 atom stereocenters. The molecule has 2 fully saturated rings. The Hall–Kier alpha value is -0.730. The molecule has 18 heavy (non-hydrogen) atoms. The lowest BCUT2D eigenvalue weighted by Crippen LogP contribution is -2.43. The number of anilines is 1. The van der Waals surface area contributed by atoms with Gasteiger partial charge in [0.05, 0.1) is 0 Å². The second kappa shape index (κ2) is 5.10. The molecule has 98 valence electrons. The van der Waals surface area contributed by atoms with E-state index >= 15 is 0 Å². The molecular formula is C15H21ClN2. The van der Waals surface area contributed by atoms with Crippen LogP contribution in [0.1, 0.15) is 31.2 Å². The Labute approximate surface area is 114 Å². The minimum absolute atomic E-state index is 0.730. The summed E-state index contributed by atoms with van der Waals surface area (Å²) in [6, 6.07) is 7.78. The summed E-state index contributed by atoms with van der Waals surface area (Å²) in [4.78, 5) is 2.48. The van der Waals surface area contributed by atoms with Gasteiger partial charge >= 0.3 is 0 Å². The Balaban J connectivity index is 1.62. The van der Waals surface area contributed by atoms with Crippen LogP contribution in [0.15, 0.2) is 18.2 Å². The number of nitrogens with one attached hydrogen (secondary N) is 1. The second-order valence-corrected chi connectivity index (χ2v) is 5.99. The molecule has 2 aliphatic rings. The molecule has 1 aromatic rings. The van der Waals surface area contributed by atoms with Crippen molar-refractivity contribution in [2.24, 2.45) is 0 Å². The zero-order valence-electron chi connectivity index (χ0n) is 11.0. The molecule has 0 radical (unpaired) electrons. The van der Waals surface area contributed by atoms with Crippen molar-refractivity contribution in [3.8, 4) is 0 Å². The highest BCUT2D eigenvalue weighted by molar-refractivity contribution is 6.31. The number of piperidine rings is 1. The minimum atomic E-state index is 0.730. The molecule has 0 unspecified atom stereocenters. The summed E-state index contributed by atoms with van der Waals surface area (Å²) in [5.74, 6) is 0. The van der Waals surface area contributed by atoms with Crippen molar-refractivity contribution >= 4 is 17.3 Å². The van der Waals surface area contributed by atoms with Crippen LogP contribution in [0.25, 0.3) is 0 Å². The first kappa shape index (κ1) is 12.3. The van der Waals surface area contributed by atoms with Crippen LogP contribution in [0.4, 0.5) is 5.69 Å². The number of halogens is 1. The first-order chi connectivity index (χ1) is 8.74. The SMILES string of the molecule is Cc1c(Cl)cccc1N1CCC(NC2CC2)CC1. The fourth-order valence-corrected chi connectivity index (χ4v) is 2.98. The molecule has 1 heterocycles. The Morgan fingerprint density at radius 2 is 1.78 bits per heavy atom. The van der Waals surface area contributed by atoms with Crippen LogP contribution >= 0.6 is 11.6 Å². The van der Waals surface area contributed by atoms with E-state index in [-0.39, 0.29) is 0 Å². The molecule has 1 aliphatic carbocycles. The van der Waals surface area contributed by atoms with Crippen LogP contribution in [0.5, 0.6) is 0 Å². The van der Waals surface area contributed by atoms with Crippen LogP contribution in [0, 0.1) is 6.92 Å². The monoisotopic (exact) mass is 264 g/mol. The Morgan fingerprint density at radius 3 is 2.44 bits per heavy atom. The van der Waals surface area contributed by atoms with E-state index in [4.69, 9.17) is 11.6 Å². The summed E-state index contributed by atoms with van der Waals surface area (Å²) >= 11 is 6.20. The number of rotatable bonds is 3. The first-order valence-corrected chi connectivity index (χ1v) is 7.38. The topological polar surface area (TPSA) is 15.3 Å². The normalized spacial score (nSPS) is 21.3. The number of benzene rings is 1. The lowest BCUT2D eigenvalue weighted by molar-refractivity contribution is 0.412. The van der Waals surface area contributed by atoms with Crippen molar-refractivity contribution in [3.05, 3.63) is 28.8 Å². The van der Waals surface area contributed by atoms with Gasteiger partial charge in [-0.1, -0.05) is 17.7 Å². The van der Waals surface area contributed by atoms with Gasteiger partial charge in [0.25, 0.3) is 0 Å². The van der Waals surface area contributed by atoms with Crippen LogP contribution in [-0.4, -0.2) is 25.2 Å². The van der Waals surface area contributed by atoms with Crippen LogP contribution in [0.2, 0.25) is 5.02 Å². The molecule has 1 aliphatic heterocycles. The van der Waals surface area contributed by atoms with Gasteiger partial charge in [-0.05, 0) is 50.3 Å². The molecule has 0 aromatic heterocycles. The molecule has 0 amide bonds. The highest BCUT2D eigenvalue weighted by atomic mass is 35.5. The predicted molar refractivity (Wildman–Crippen MR) is 77.6 cm³/mol. The van der Waals surface area contributed by atoms with Gasteiger partial charge in [-0.25, -0.2) is 0 Å². The van der Waals surface area contributed by atoms with E-state index in [1.165, 1.54) is 36.9 Å². The third kappa shape index (κ3) is 2.65. The van der Waals surface area contributed by atoms with Gasteiger partial charge in [0.1, 0.15) is 0 Å². The largest absolute Gasteiger partial charge is 0.371 e. The second-order valence-electron chi connectivity index (χ2n) is 5.59. The predicted octanol–water partition coefficient (Wildman–Crippen LogP) is 3.37. The molecule has 1 saturated heterocycles. The molecule has 0 spiro atoms. The van der Waals surface area contributed by atoms with E-state index in [2.05, 4.69) is 29.3 Å². The van der Waals surface area contributed by atoms with E-state index in [0.29, 0.717) is 0 Å². The van der Waals surface area contributed by atoms with Gasteiger partial charge in [-0.15, -0.1) is 0 Å². The summed E-state index contributed by atoms with van der Waals surface area (Å²) < 4.78 is 0. The average molecular weight is 265 g/mol. The quantitative estimate of drug-likeness (QED) is 0.901. The fourth-order valence-electron chi connectivity index (χ4n) is 2.81. The molecule has 1 N–H and O–H groups in total. The first-order valence-electron chi connectivity index (χ1n) is 7.00. The molecule has 1 aromatic carbocycles. The molecule has 3 heteroatoms. The number of nitrogens with zero attached hydrogens (tertiary/aromatic N) is 1. The zero-order chi connectivity index (χ0) is 12.5. The lowest BCUT2D eigenvalue weighted by atomic mass is 10.0. The van der Waals surface area contributed by atoms with Crippen molar-refractivity contribution < 1.29 is 0 Å². The van der Waals surface area contributed by atoms with Crippen LogP contribution in [0.3, 0.4) is 0 Å². The van der Waals surface area contributed by atoms with E-state index in [1.54, 1.807) is 0 Å². The molecule has 2 nitrogen and oxygen atoms in total. The van der Waals surface area contributed by atoms with Gasteiger partial charge in [0.2, 0.25) is 0 Å². The minimum Gasteiger partial charge on any atom is -0.371 e. The fraction of sp³-hybridized carbons (Fsp3) is 0.600. The van der Waals surface area contributed by atoms with Crippen molar-refractivity contribution in [1.82, 2.24) is 5.32 Å². The number of hydrogen-bond donors (Lipinski definition) is 1. The summed E-state index contributed by atoms with van der Waals surface area (Å²) in [7, 11) is 0. The number of hydrogen-bond acceptors (Lipinski definition) is 2. The Morgan fingerprint density at radius 1 is 1.11 bits per heavy atom. The van der Waals surface area contributed by atoms with Crippen molar-refractivity contribution in [2.45, 2.75) is 44.7 Å². The Bertz CT molecular complexity index is 421. The molecule has 3 rings (SSSR count). The lowest BCUT2D eigenvalue weighted by Gasteiger charge is -2.35. The summed E-state index contributed by atoms with van der Waals surface area (Å²) in [6.45, 7) is 4.41. The van der Waals surface area contributed by atoms with Gasteiger partial charge < -0.3 is 10.2 Å². The van der Waals surface area contributed by atoms with Crippen molar-refractivity contribution in [3.63, 3.8) is 0 Å². The van der Waals surface area contributed by atoms with Crippen molar-refractivity contribution in [2.75, 3.05) is 18.0 Å². The Kier molecular flexibility index (Phi) is 3.49. The molecular weight excluding hydrogens is 244 g/mol. The van der Waals surface area contributed by atoms with E-state index < -0.39 is 0 Å². The van der Waals surface area contributed by atoms with Crippen LogP contribution in [-0.2, 0) is 0 Å². The maximum absolute atomic E-state index is 6.20. The highest BCUT2D eigenvalue weighted by Gasteiger charge is 2.27. The van der Waals surface area contributed by atoms with E-state index in [1.807, 2.05) is 6.07 Å². The summed E-state index contributed by atoms with van der Waals surface area (Å²) in [5, 5.41) is 4.62. The smallest absolute Gasteiger partial charge is 0.0455 e. The van der Waals surface area contributed by atoms with E-state index in [9.17, 15) is 0 Å². The van der Waals surface area contributed by atoms with Crippen molar-refractivity contribution in [1.29, 1.82) is 0 Å². The highest BCUT2D eigenvalue weighted by Crippen LogP contribution is 2.29. The average Bonchev–Trinajstić information content (AvgIpc) is 3.18. The summed E-state index contributed by atoms with van der Waals surface area (Å²) in [6.07, 6.45) is 5.27. The third-order valence-corrected chi connectivity index (χ3v) is 4.53.